The predicted molar refractivity (Wildman–Crippen MR) is 43.0 cm³/mol. The average molecular weight is 161 g/mol. The van der Waals surface area contributed by atoms with E-state index in [1.165, 1.54) is 0 Å². The van der Waals surface area contributed by atoms with Gasteiger partial charge in [-0.15, -0.1) is 0 Å². The van der Waals surface area contributed by atoms with Crippen molar-refractivity contribution < 1.29 is 14.2 Å². The molecule has 3 heteroatoms. The fourth-order valence-electron chi connectivity index (χ4n) is 0.835. The van der Waals surface area contributed by atoms with E-state index in [2.05, 4.69) is 6.92 Å². The minimum absolute atomic E-state index is 0.344. The maximum absolute atomic E-state index is 5.23. The Morgan fingerprint density at radius 3 is 1.82 bits per heavy atom. The average Bonchev–Trinajstić information content (AvgIpc) is 1.88. The SMILES string of the molecule is [CH2]COC(C)(OCC)OCC. The van der Waals surface area contributed by atoms with Crippen molar-refractivity contribution >= 4 is 0 Å². The Labute approximate surface area is 68.6 Å². The topological polar surface area (TPSA) is 27.7 Å². The molecule has 0 unspecified atom stereocenters. The lowest BCUT2D eigenvalue weighted by Crippen LogP contribution is -2.35. The maximum Gasteiger partial charge on any atom is 0.279 e. The zero-order valence-electron chi connectivity index (χ0n) is 7.55. The van der Waals surface area contributed by atoms with Crippen LogP contribution in [0.25, 0.3) is 0 Å². The quantitative estimate of drug-likeness (QED) is 0.553. The summed E-state index contributed by atoms with van der Waals surface area (Å²) in [6.45, 7) is 10.6. The molecule has 0 N–H and O–H groups in total. The van der Waals surface area contributed by atoms with Crippen LogP contribution >= 0.6 is 0 Å². The van der Waals surface area contributed by atoms with Gasteiger partial charge < -0.3 is 14.2 Å². The molecule has 0 aromatic carbocycles. The molecule has 0 saturated carbocycles. The summed E-state index contributed by atoms with van der Waals surface area (Å²) in [5.74, 6) is -0.911. The monoisotopic (exact) mass is 161 g/mol. The second kappa shape index (κ2) is 5.52. The van der Waals surface area contributed by atoms with Gasteiger partial charge >= 0.3 is 0 Å². The van der Waals surface area contributed by atoms with Crippen molar-refractivity contribution in [1.82, 2.24) is 0 Å². The largest absolute Gasteiger partial charge is 0.328 e. The smallest absolute Gasteiger partial charge is 0.279 e. The van der Waals surface area contributed by atoms with Crippen molar-refractivity contribution in [3.63, 3.8) is 0 Å². The van der Waals surface area contributed by atoms with Crippen LogP contribution in [0, 0.1) is 6.92 Å². The first-order chi connectivity index (χ1) is 5.18. The van der Waals surface area contributed by atoms with Crippen molar-refractivity contribution in [3.05, 3.63) is 6.92 Å². The van der Waals surface area contributed by atoms with Crippen LogP contribution in [0.1, 0.15) is 20.8 Å². The van der Waals surface area contributed by atoms with Crippen molar-refractivity contribution in [3.8, 4) is 0 Å². The molecule has 0 saturated heterocycles. The first kappa shape index (κ1) is 10.9. The lowest BCUT2D eigenvalue weighted by molar-refractivity contribution is -0.363. The van der Waals surface area contributed by atoms with E-state index in [-0.39, 0.29) is 0 Å². The predicted octanol–water partition coefficient (Wildman–Crippen LogP) is 1.58. The zero-order chi connectivity index (χ0) is 8.74. The third-order valence-electron chi connectivity index (χ3n) is 1.18. The molecule has 0 aromatic rings. The molecule has 0 amide bonds. The van der Waals surface area contributed by atoms with Gasteiger partial charge in [-0.05, 0) is 20.8 Å². The molecule has 0 spiro atoms. The van der Waals surface area contributed by atoms with Crippen molar-refractivity contribution in [2.75, 3.05) is 19.8 Å². The van der Waals surface area contributed by atoms with E-state index in [1.807, 2.05) is 13.8 Å². The van der Waals surface area contributed by atoms with E-state index in [0.717, 1.165) is 0 Å². The molecule has 0 atom stereocenters. The van der Waals surface area contributed by atoms with Gasteiger partial charge in [-0.1, -0.05) is 0 Å². The first-order valence-electron chi connectivity index (χ1n) is 3.89. The van der Waals surface area contributed by atoms with Gasteiger partial charge in [0, 0.05) is 20.1 Å². The summed E-state index contributed by atoms with van der Waals surface area (Å²) in [6, 6.07) is 0. The van der Waals surface area contributed by atoms with Gasteiger partial charge in [-0.25, -0.2) is 0 Å². The molecule has 0 heterocycles. The molecule has 0 aliphatic rings. The van der Waals surface area contributed by atoms with Crippen LogP contribution in [0.2, 0.25) is 0 Å². The van der Waals surface area contributed by atoms with E-state index in [1.54, 1.807) is 6.92 Å². The molecular weight excluding hydrogens is 144 g/mol. The van der Waals surface area contributed by atoms with E-state index in [0.29, 0.717) is 19.8 Å². The fraction of sp³-hybridized carbons (Fsp3) is 0.875. The molecule has 0 aromatic heterocycles. The van der Waals surface area contributed by atoms with Crippen LogP contribution < -0.4 is 0 Å². The number of rotatable bonds is 6. The van der Waals surface area contributed by atoms with Crippen LogP contribution in [0.5, 0.6) is 0 Å². The molecule has 0 aliphatic heterocycles. The molecule has 67 valence electrons. The van der Waals surface area contributed by atoms with Gasteiger partial charge in [0.25, 0.3) is 5.97 Å². The Morgan fingerprint density at radius 2 is 1.55 bits per heavy atom. The Morgan fingerprint density at radius 1 is 1.09 bits per heavy atom. The first-order valence-corrected chi connectivity index (χ1v) is 3.89. The highest BCUT2D eigenvalue weighted by Crippen LogP contribution is 2.13. The molecule has 0 fully saturated rings. The standard InChI is InChI=1S/C8H17O3/c1-5-9-8(4,10-6-2)11-7-3/h1,5-7H2,2-4H3. The molecule has 1 radical (unpaired) electrons. The van der Waals surface area contributed by atoms with Gasteiger partial charge in [-0.2, -0.15) is 0 Å². The third kappa shape index (κ3) is 4.35. The van der Waals surface area contributed by atoms with E-state index in [4.69, 9.17) is 14.2 Å². The highest BCUT2D eigenvalue weighted by atomic mass is 16.9. The normalized spacial score (nSPS) is 12.0. The minimum atomic E-state index is -0.911. The Kier molecular flexibility index (Phi) is 5.46. The van der Waals surface area contributed by atoms with E-state index in [9.17, 15) is 0 Å². The van der Waals surface area contributed by atoms with Crippen LogP contribution in [0.3, 0.4) is 0 Å². The van der Waals surface area contributed by atoms with E-state index >= 15 is 0 Å². The summed E-state index contributed by atoms with van der Waals surface area (Å²) < 4.78 is 15.6. The summed E-state index contributed by atoms with van der Waals surface area (Å²) in [4.78, 5) is 0. The lowest BCUT2D eigenvalue weighted by atomic mass is 10.6. The van der Waals surface area contributed by atoms with Crippen molar-refractivity contribution in [2.45, 2.75) is 26.7 Å². The number of hydrogen-bond acceptors (Lipinski definition) is 3. The second-order valence-corrected chi connectivity index (χ2v) is 2.08. The van der Waals surface area contributed by atoms with Crippen LogP contribution in [-0.4, -0.2) is 25.8 Å². The maximum atomic E-state index is 5.23. The molecule has 0 rings (SSSR count). The van der Waals surface area contributed by atoms with Gasteiger partial charge in [0.1, 0.15) is 0 Å². The summed E-state index contributed by atoms with van der Waals surface area (Å²) in [5.41, 5.74) is 0. The molecule has 0 aliphatic carbocycles. The Balaban J connectivity index is 3.79. The summed E-state index contributed by atoms with van der Waals surface area (Å²) in [5, 5.41) is 0. The molecular formula is C8H17O3. The van der Waals surface area contributed by atoms with Gasteiger partial charge in [0.15, 0.2) is 0 Å². The Bertz CT molecular complexity index is 76.3. The zero-order valence-corrected chi connectivity index (χ0v) is 7.55. The molecule has 11 heavy (non-hydrogen) atoms. The van der Waals surface area contributed by atoms with Crippen molar-refractivity contribution in [2.24, 2.45) is 0 Å². The van der Waals surface area contributed by atoms with Crippen LogP contribution in [-0.2, 0) is 14.2 Å². The van der Waals surface area contributed by atoms with Gasteiger partial charge in [0.2, 0.25) is 0 Å². The second-order valence-electron chi connectivity index (χ2n) is 2.08. The fourth-order valence-corrected chi connectivity index (χ4v) is 0.835. The van der Waals surface area contributed by atoms with Crippen LogP contribution in [0.4, 0.5) is 0 Å². The molecule has 0 bridgehead atoms. The van der Waals surface area contributed by atoms with Crippen LogP contribution in [0.15, 0.2) is 0 Å². The van der Waals surface area contributed by atoms with Crippen molar-refractivity contribution in [1.29, 1.82) is 0 Å². The molecule has 3 nitrogen and oxygen atoms in total. The van der Waals surface area contributed by atoms with Gasteiger partial charge in [-0.3, -0.25) is 0 Å². The minimum Gasteiger partial charge on any atom is -0.328 e. The number of hydrogen-bond donors (Lipinski definition) is 0. The third-order valence-corrected chi connectivity index (χ3v) is 1.18. The lowest BCUT2D eigenvalue weighted by Gasteiger charge is -2.27. The number of ether oxygens (including phenoxy) is 3. The highest BCUT2D eigenvalue weighted by Gasteiger charge is 2.24. The summed E-state index contributed by atoms with van der Waals surface area (Å²) in [6.07, 6.45) is 0. The Hall–Kier alpha value is -0.120. The van der Waals surface area contributed by atoms with Gasteiger partial charge in [0.05, 0.1) is 6.61 Å². The van der Waals surface area contributed by atoms with E-state index < -0.39 is 5.97 Å². The summed E-state index contributed by atoms with van der Waals surface area (Å²) in [7, 11) is 0. The highest BCUT2D eigenvalue weighted by molar-refractivity contribution is 4.47. The summed E-state index contributed by atoms with van der Waals surface area (Å²) >= 11 is 0.